The second kappa shape index (κ2) is 11.3. The van der Waals surface area contributed by atoms with E-state index in [2.05, 4.69) is 20.5 Å². The number of fused-ring (bicyclic) bond motifs is 1. The van der Waals surface area contributed by atoms with E-state index in [1.807, 2.05) is 5.38 Å². The fourth-order valence-corrected chi connectivity index (χ4v) is 5.65. The number of hydrogen-bond donors (Lipinski definition) is 1. The number of halogens is 3. The highest BCUT2D eigenvalue weighted by molar-refractivity contribution is 7.11. The van der Waals surface area contributed by atoms with Crippen LogP contribution in [-0.4, -0.2) is 56.3 Å². The number of carbonyl (C=O) groups is 1. The molecule has 4 heterocycles. The van der Waals surface area contributed by atoms with Gasteiger partial charge in [0.05, 0.1) is 47.0 Å². The van der Waals surface area contributed by atoms with Crippen LogP contribution in [0.25, 0.3) is 16.6 Å². The maximum atomic E-state index is 12.8. The van der Waals surface area contributed by atoms with E-state index < -0.39 is 17.7 Å². The summed E-state index contributed by atoms with van der Waals surface area (Å²) < 4.78 is 51.8. The van der Waals surface area contributed by atoms with Crippen molar-refractivity contribution in [1.29, 1.82) is 0 Å². The Hall–Kier alpha value is -3.74. The van der Waals surface area contributed by atoms with Crippen LogP contribution < -0.4 is 4.74 Å². The number of aromatic carboxylic acids is 1. The smallest absolute Gasteiger partial charge is 0.416 e. The number of aromatic nitrogens is 3. The molecular formula is C29H27F3N4O4S. The monoisotopic (exact) mass is 584 g/mol. The number of imidazole rings is 1. The second-order valence-corrected chi connectivity index (χ2v) is 10.9. The molecule has 2 aromatic carbocycles. The molecule has 2 aromatic heterocycles. The first kappa shape index (κ1) is 27.4. The van der Waals surface area contributed by atoms with Crippen molar-refractivity contribution in [2.45, 2.75) is 44.8 Å². The van der Waals surface area contributed by atoms with Gasteiger partial charge in [0.1, 0.15) is 12.4 Å². The largest absolute Gasteiger partial charge is 0.478 e. The Morgan fingerprint density at radius 2 is 1.98 bits per heavy atom. The fourth-order valence-electron chi connectivity index (χ4n) is 4.96. The average Bonchev–Trinajstić information content (AvgIpc) is 3.54. The molecule has 0 spiro atoms. The van der Waals surface area contributed by atoms with Crippen molar-refractivity contribution in [1.82, 2.24) is 19.4 Å². The van der Waals surface area contributed by atoms with Crippen LogP contribution in [0.5, 0.6) is 5.19 Å². The number of nitrogens with zero attached hydrogens (tertiary/aromatic N) is 4. The van der Waals surface area contributed by atoms with E-state index in [0.717, 1.165) is 66.3 Å². The number of hydrogen-bond acceptors (Lipinski definition) is 7. The molecule has 0 amide bonds. The van der Waals surface area contributed by atoms with Crippen LogP contribution in [0.2, 0.25) is 0 Å². The normalized spacial score (nSPS) is 17.8. The van der Waals surface area contributed by atoms with E-state index >= 15 is 0 Å². The van der Waals surface area contributed by atoms with Crippen molar-refractivity contribution in [3.8, 4) is 5.19 Å². The van der Waals surface area contributed by atoms with Gasteiger partial charge in [0, 0.05) is 25.1 Å². The zero-order chi connectivity index (χ0) is 28.6. The predicted octanol–water partition coefficient (Wildman–Crippen LogP) is 5.87. The molecule has 0 saturated carbocycles. The first-order valence-corrected chi connectivity index (χ1v) is 14.1. The zero-order valence-electron chi connectivity index (χ0n) is 21.9. The molecule has 0 aliphatic carbocycles. The first-order valence-electron chi connectivity index (χ1n) is 13.2. The van der Waals surface area contributed by atoms with Crippen molar-refractivity contribution in [2.75, 3.05) is 19.7 Å². The second-order valence-electron chi connectivity index (χ2n) is 10.1. The number of rotatable bonds is 9. The number of alkyl halides is 3. The molecule has 41 heavy (non-hydrogen) atoms. The van der Waals surface area contributed by atoms with E-state index in [1.165, 1.54) is 23.5 Å². The summed E-state index contributed by atoms with van der Waals surface area (Å²) in [7, 11) is 0. The van der Waals surface area contributed by atoms with Crippen LogP contribution in [0.4, 0.5) is 13.2 Å². The summed E-state index contributed by atoms with van der Waals surface area (Å²) in [5.74, 6) is -0.0903. The third kappa shape index (κ3) is 6.14. The van der Waals surface area contributed by atoms with Gasteiger partial charge in [0.25, 0.3) is 5.19 Å². The SMILES string of the molecule is O=C(O)c1ccc2nc(CN3CC=C(c4csc(OCc5ccc(C(F)(F)F)cc5)n4)CC3)n(CC3CCO3)c2c1. The van der Waals surface area contributed by atoms with Gasteiger partial charge in [0.15, 0.2) is 0 Å². The minimum atomic E-state index is -4.36. The standard InChI is InChI=1S/C29H27F3N4O4S/c30-29(31,32)21-4-1-18(2-5-21)16-40-28-34-24(17-41-28)19-7-10-35(11-8-19)15-26-33-23-6-3-20(27(37)38)13-25(23)36(26)14-22-9-12-39-22/h1-7,13,17,22H,8-12,14-16H2,(H,37,38). The minimum Gasteiger partial charge on any atom is -0.478 e. The quantitative estimate of drug-likeness (QED) is 0.263. The Labute approximate surface area is 237 Å². The number of carboxylic acid groups (broad SMARTS) is 1. The molecule has 1 unspecified atom stereocenters. The van der Waals surface area contributed by atoms with Crippen LogP contribution in [0.15, 0.2) is 53.9 Å². The molecule has 2 aliphatic rings. The molecule has 1 atom stereocenters. The first-order chi connectivity index (χ1) is 19.7. The highest BCUT2D eigenvalue weighted by Crippen LogP contribution is 2.31. The number of ether oxygens (including phenoxy) is 2. The lowest BCUT2D eigenvalue weighted by atomic mass is 10.1. The number of thiazole rings is 1. The van der Waals surface area contributed by atoms with Gasteiger partial charge in [-0.15, -0.1) is 0 Å². The van der Waals surface area contributed by atoms with E-state index in [9.17, 15) is 23.1 Å². The molecule has 6 rings (SSSR count). The Morgan fingerprint density at radius 1 is 1.17 bits per heavy atom. The summed E-state index contributed by atoms with van der Waals surface area (Å²) >= 11 is 1.36. The average molecular weight is 585 g/mol. The van der Waals surface area contributed by atoms with Gasteiger partial charge in [-0.1, -0.05) is 29.5 Å². The summed E-state index contributed by atoms with van der Waals surface area (Å²) in [6.07, 6.45) is -0.358. The minimum absolute atomic E-state index is 0.104. The number of carboxylic acids is 1. The van der Waals surface area contributed by atoms with E-state index in [-0.39, 0.29) is 18.3 Å². The molecular weight excluding hydrogens is 557 g/mol. The third-order valence-electron chi connectivity index (χ3n) is 7.37. The Kier molecular flexibility index (Phi) is 7.54. The van der Waals surface area contributed by atoms with Gasteiger partial charge in [-0.3, -0.25) is 4.90 Å². The summed E-state index contributed by atoms with van der Waals surface area (Å²) in [6, 6.07) is 9.94. The van der Waals surface area contributed by atoms with Crippen molar-refractivity contribution >= 4 is 33.9 Å². The Balaban J connectivity index is 1.10. The summed E-state index contributed by atoms with van der Waals surface area (Å²) in [5.41, 5.74) is 3.71. The summed E-state index contributed by atoms with van der Waals surface area (Å²) in [6.45, 7) is 3.64. The molecule has 12 heteroatoms. The molecule has 4 aromatic rings. The van der Waals surface area contributed by atoms with Crippen LogP contribution in [0.3, 0.4) is 0 Å². The number of benzene rings is 2. The maximum Gasteiger partial charge on any atom is 0.416 e. The molecule has 0 radical (unpaired) electrons. The van der Waals surface area contributed by atoms with Gasteiger partial charge in [-0.05, 0) is 54.3 Å². The maximum absolute atomic E-state index is 12.8. The van der Waals surface area contributed by atoms with Crippen LogP contribution in [0.1, 0.15) is 45.8 Å². The molecule has 8 nitrogen and oxygen atoms in total. The van der Waals surface area contributed by atoms with Crippen molar-refractivity contribution in [3.05, 3.63) is 82.1 Å². The van der Waals surface area contributed by atoms with Crippen LogP contribution in [0, 0.1) is 0 Å². The highest BCUT2D eigenvalue weighted by atomic mass is 32.1. The summed E-state index contributed by atoms with van der Waals surface area (Å²) in [4.78, 5) is 23.2. The molecule has 1 fully saturated rings. The van der Waals surface area contributed by atoms with E-state index in [0.29, 0.717) is 30.4 Å². The van der Waals surface area contributed by atoms with Gasteiger partial charge in [-0.2, -0.15) is 13.2 Å². The molecule has 1 saturated heterocycles. The van der Waals surface area contributed by atoms with Gasteiger partial charge >= 0.3 is 12.1 Å². The molecule has 0 bridgehead atoms. The van der Waals surface area contributed by atoms with Crippen molar-refractivity contribution < 1.29 is 32.5 Å². The lowest BCUT2D eigenvalue weighted by Gasteiger charge is -2.29. The Morgan fingerprint density at radius 3 is 2.63 bits per heavy atom. The molecule has 1 N–H and O–H groups in total. The zero-order valence-corrected chi connectivity index (χ0v) is 22.7. The highest BCUT2D eigenvalue weighted by Gasteiger charge is 2.30. The van der Waals surface area contributed by atoms with Gasteiger partial charge in [-0.25, -0.2) is 14.8 Å². The summed E-state index contributed by atoms with van der Waals surface area (Å²) in [5, 5.41) is 11.9. The molecule has 214 valence electrons. The fraction of sp³-hybridized carbons (Fsp3) is 0.345. The van der Waals surface area contributed by atoms with E-state index in [4.69, 9.17) is 14.5 Å². The van der Waals surface area contributed by atoms with Crippen molar-refractivity contribution in [2.24, 2.45) is 0 Å². The lowest BCUT2D eigenvalue weighted by molar-refractivity contribution is -0.137. The van der Waals surface area contributed by atoms with Crippen molar-refractivity contribution in [3.63, 3.8) is 0 Å². The van der Waals surface area contributed by atoms with Gasteiger partial charge in [0.2, 0.25) is 0 Å². The topological polar surface area (TPSA) is 89.7 Å². The van der Waals surface area contributed by atoms with Gasteiger partial charge < -0.3 is 19.1 Å². The third-order valence-corrected chi connectivity index (χ3v) is 8.12. The van der Waals surface area contributed by atoms with E-state index in [1.54, 1.807) is 18.2 Å². The predicted molar refractivity (Wildman–Crippen MR) is 147 cm³/mol. The lowest BCUT2D eigenvalue weighted by Crippen LogP contribution is -2.33. The van der Waals surface area contributed by atoms with Crippen LogP contribution in [-0.2, 0) is 30.6 Å². The molecule has 2 aliphatic heterocycles. The Bertz CT molecular complexity index is 1590. The van der Waals surface area contributed by atoms with Crippen LogP contribution >= 0.6 is 11.3 Å².